The number of unbranched alkanes of at least 4 members (excludes halogenated alkanes) is 2. The Morgan fingerprint density at radius 1 is 0.806 bits per heavy atom. The molecular weight excluding hydrogens is 384 g/mol. The molecule has 3 heteroatoms. The quantitative estimate of drug-likeness (QED) is 0.211. The molecule has 0 radical (unpaired) electrons. The molecule has 0 amide bonds. The fourth-order valence-corrected chi connectivity index (χ4v) is 4.51. The molecule has 3 rings (SSSR count). The molecule has 0 unspecified atom stereocenters. The van der Waals surface area contributed by atoms with Crippen LogP contribution >= 0.6 is 0 Å². The predicted molar refractivity (Wildman–Crippen MR) is 127 cm³/mol. The van der Waals surface area contributed by atoms with Gasteiger partial charge in [0, 0.05) is 0 Å². The van der Waals surface area contributed by atoms with E-state index in [2.05, 4.69) is 6.92 Å². The van der Waals surface area contributed by atoms with Gasteiger partial charge in [-0.1, -0.05) is 76.0 Å². The normalized spacial score (nSPS) is 18.5. The van der Waals surface area contributed by atoms with Gasteiger partial charge in [0.1, 0.15) is 11.5 Å². The van der Waals surface area contributed by atoms with Crippen LogP contribution < -0.4 is 9.47 Å². The summed E-state index contributed by atoms with van der Waals surface area (Å²) in [5.41, 5.74) is 1.67. The zero-order valence-corrected chi connectivity index (χ0v) is 19.3. The summed E-state index contributed by atoms with van der Waals surface area (Å²) in [5, 5.41) is 0. The summed E-state index contributed by atoms with van der Waals surface area (Å²) in [7, 11) is 0. The van der Waals surface area contributed by atoms with E-state index < -0.39 is 0 Å². The molecule has 2 aromatic carbocycles. The van der Waals surface area contributed by atoms with Crippen molar-refractivity contribution >= 4 is 5.97 Å². The number of benzene rings is 2. The van der Waals surface area contributed by atoms with Gasteiger partial charge in [-0.25, -0.2) is 4.79 Å². The highest BCUT2D eigenvalue weighted by Crippen LogP contribution is 2.34. The number of hydrogen-bond donors (Lipinski definition) is 0. The van der Waals surface area contributed by atoms with Gasteiger partial charge in [-0.3, -0.25) is 0 Å². The summed E-state index contributed by atoms with van der Waals surface area (Å²) in [6.07, 6.45) is 13.6. The molecule has 2 aromatic rings. The van der Waals surface area contributed by atoms with E-state index in [1.165, 1.54) is 57.8 Å². The summed E-state index contributed by atoms with van der Waals surface area (Å²) in [5.74, 6) is 2.89. The third-order valence-corrected chi connectivity index (χ3v) is 6.53. The van der Waals surface area contributed by atoms with Gasteiger partial charge < -0.3 is 9.47 Å². The second kappa shape index (κ2) is 12.5. The highest BCUT2D eigenvalue weighted by molar-refractivity contribution is 5.91. The zero-order chi connectivity index (χ0) is 21.9. The fourth-order valence-electron chi connectivity index (χ4n) is 4.51. The van der Waals surface area contributed by atoms with Gasteiger partial charge in [0.2, 0.25) is 0 Å². The number of ether oxygens (including phenoxy) is 2. The van der Waals surface area contributed by atoms with Crippen LogP contribution in [0.1, 0.15) is 87.1 Å². The molecule has 0 bridgehead atoms. The summed E-state index contributed by atoms with van der Waals surface area (Å²) >= 11 is 0. The van der Waals surface area contributed by atoms with Gasteiger partial charge in [0.25, 0.3) is 0 Å². The third-order valence-electron chi connectivity index (χ3n) is 6.53. The molecular formula is C28H38O3. The van der Waals surface area contributed by atoms with Crippen LogP contribution in [0.25, 0.3) is 0 Å². The Labute approximate surface area is 188 Å². The van der Waals surface area contributed by atoms with E-state index in [0.29, 0.717) is 11.3 Å². The summed E-state index contributed by atoms with van der Waals surface area (Å²) < 4.78 is 11.3. The lowest BCUT2D eigenvalue weighted by Crippen LogP contribution is -2.15. The maximum atomic E-state index is 12.3. The summed E-state index contributed by atoms with van der Waals surface area (Å²) in [6.45, 7) is 5.03. The first-order valence-corrected chi connectivity index (χ1v) is 12.2. The van der Waals surface area contributed by atoms with Gasteiger partial charge in [0.05, 0.1) is 12.2 Å². The number of rotatable bonds is 11. The van der Waals surface area contributed by atoms with Crippen molar-refractivity contribution in [2.45, 2.75) is 78.1 Å². The van der Waals surface area contributed by atoms with Crippen LogP contribution in [0.5, 0.6) is 11.5 Å². The minimum absolute atomic E-state index is 0.347. The van der Waals surface area contributed by atoms with Gasteiger partial charge >= 0.3 is 5.97 Å². The minimum atomic E-state index is -0.347. The Balaban J connectivity index is 1.32. The average molecular weight is 423 g/mol. The first-order valence-electron chi connectivity index (χ1n) is 12.2. The van der Waals surface area contributed by atoms with Crippen LogP contribution in [0.2, 0.25) is 0 Å². The van der Waals surface area contributed by atoms with Crippen LogP contribution in [-0.4, -0.2) is 12.6 Å². The minimum Gasteiger partial charge on any atom is -0.494 e. The lowest BCUT2D eigenvalue weighted by atomic mass is 9.78. The van der Waals surface area contributed by atoms with Gasteiger partial charge in [-0.2, -0.15) is 0 Å². The Bertz CT molecular complexity index is 771. The highest BCUT2D eigenvalue weighted by Gasteiger charge is 2.20. The SMILES string of the molecule is CCCCCC1CCC(CCCOc2ccc(C(=O)Oc3ccc(C)cc3)cc2)CC1. The number of aryl methyl sites for hydroxylation is 1. The van der Waals surface area contributed by atoms with E-state index in [9.17, 15) is 4.79 Å². The number of carbonyl (C=O) groups is 1. The molecule has 0 N–H and O–H groups in total. The number of hydrogen-bond acceptors (Lipinski definition) is 3. The van der Waals surface area contributed by atoms with Gasteiger partial charge in [-0.05, 0) is 68.0 Å². The third kappa shape index (κ3) is 8.05. The lowest BCUT2D eigenvalue weighted by Gasteiger charge is -2.28. The van der Waals surface area contributed by atoms with Crippen molar-refractivity contribution in [3.8, 4) is 11.5 Å². The van der Waals surface area contributed by atoms with Crippen molar-refractivity contribution in [3.05, 3.63) is 59.7 Å². The van der Waals surface area contributed by atoms with Crippen molar-refractivity contribution in [2.75, 3.05) is 6.61 Å². The first kappa shape index (κ1) is 23.4. The molecule has 1 fully saturated rings. The number of carbonyl (C=O) groups excluding carboxylic acids is 1. The molecule has 0 spiro atoms. The molecule has 1 aliphatic rings. The molecule has 1 saturated carbocycles. The van der Waals surface area contributed by atoms with E-state index in [1.54, 1.807) is 12.1 Å². The second-order valence-electron chi connectivity index (χ2n) is 9.10. The largest absolute Gasteiger partial charge is 0.494 e. The molecule has 3 nitrogen and oxygen atoms in total. The van der Waals surface area contributed by atoms with Crippen molar-refractivity contribution in [3.63, 3.8) is 0 Å². The molecule has 1 aliphatic carbocycles. The van der Waals surface area contributed by atoms with Crippen LogP contribution in [0, 0.1) is 18.8 Å². The molecule has 0 atom stereocenters. The van der Waals surface area contributed by atoms with Crippen LogP contribution in [-0.2, 0) is 0 Å². The maximum absolute atomic E-state index is 12.3. The zero-order valence-electron chi connectivity index (χ0n) is 19.3. The topological polar surface area (TPSA) is 35.5 Å². The van der Waals surface area contributed by atoms with E-state index >= 15 is 0 Å². The average Bonchev–Trinajstić information content (AvgIpc) is 2.80. The van der Waals surface area contributed by atoms with Gasteiger partial charge in [-0.15, -0.1) is 0 Å². The Morgan fingerprint density at radius 3 is 2.00 bits per heavy atom. The van der Waals surface area contributed by atoms with Crippen molar-refractivity contribution in [1.29, 1.82) is 0 Å². The first-order chi connectivity index (χ1) is 15.1. The second-order valence-corrected chi connectivity index (χ2v) is 9.10. The van der Waals surface area contributed by atoms with E-state index in [1.807, 2.05) is 43.3 Å². The fraction of sp³-hybridized carbons (Fsp3) is 0.536. The molecule has 0 heterocycles. The Morgan fingerprint density at radius 2 is 1.39 bits per heavy atom. The molecule has 0 aliphatic heterocycles. The molecule has 0 aromatic heterocycles. The maximum Gasteiger partial charge on any atom is 0.343 e. The predicted octanol–water partition coefficient (Wildman–Crippen LogP) is 7.76. The molecule has 0 saturated heterocycles. The highest BCUT2D eigenvalue weighted by atomic mass is 16.5. The standard InChI is InChI=1S/C28H38O3/c1-3-4-5-7-23-11-13-24(14-12-23)8-6-21-30-26-19-15-25(16-20-26)28(29)31-27-17-9-22(2)10-18-27/h9-10,15-20,23-24H,3-8,11-14,21H2,1-2H3. The Hall–Kier alpha value is -2.29. The van der Waals surface area contributed by atoms with Gasteiger partial charge in [0.15, 0.2) is 0 Å². The Kier molecular flexibility index (Phi) is 9.45. The van der Waals surface area contributed by atoms with Crippen molar-refractivity contribution in [1.82, 2.24) is 0 Å². The molecule has 31 heavy (non-hydrogen) atoms. The van der Waals surface area contributed by atoms with Crippen LogP contribution in [0.15, 0.2) is 48.5 Å². The number of esters is 1. The summed E-state index contributed by atoms with van der Waals surface area (Å²) in [6, 6.07) is 14.7. The van der Waals surface area contributed by atoms with Crippen LogP contribution in [0.3, 0.4) is 0 Å². The van der Waals surface area contributed by atoms with Crippen molar-refractivity contribution < 1.29 is 14.3 Å². The van der Waals surface area contributed by atoms with Crippen LogP contribution in [0.4, 0.5) is 0 Å². The van der Waals surface area contributed by atoms with E-state index in [4.69, 9.17) is 9.47 Å². The van der Waals surface area contributed by atoms with E-state index in [-0.39, 0.29) is 5.97 Å². The smallest absolute Gasteiger partial charge is 0.343 e. The summed E-state index contributed by atoms with van der Waals surface area (Å²) in [4.78, 5) is 12.3. The van der Waals surface area contributed by atoms with Crippen molar-refractivity contribution in [2.24, 2.45) is 11.8 Å². The molecule has 168 valence electrons. The lowest BCUT2D eigenvalue weighted by molar-refractivity contribution is 0.0734. The van der Waals surface area contributed by atoms with E-state index in [0.717, 1.165) is 36.2 Å². The monoisotopic (exact) mass is 422 g/mol.